The number of amides is 1. The first kappa shape index (κ1) is 33.1. The van der Waals surface area contributed by atoms with Crippen molar-refractivity contribution in [1.29, 1.82) is 0 Å². The molecule has 0 saturated heterocycles. The maximum absolute atomic E-state index is 13.6. The quantitative estimate of drug-likeness (QED) is 0.125. The van der Waals surface area contributed by atoms with Crippen molar-refractivity contribution in [3.05, 3.63) is 110 Å². The molecule has 230 valence electrons. The molecule has 44 heavy (non-hydrogen) atoms. The predicted molar refractivity (Wildman–Crippen MR) is 176 cm³/mol. The molecule has 0 fully saturated rings. The highest BCUT2D eigenvalue weighted by Gasteiger charge is 2.27. The van der Waals surface area contributed by atoms with E-state index >= 15 is 0 Å². The minimum atomic E-state index is -4.08. The van der Waals surface area contributed by atoms with E-state index in [1.165, 1.54) is 32.6 Å². The molecule has 4 aromatic carbocycles. The van der Waals surface area contributed by atoms with Crippen LogP contribution in [0.3, 0.4) is 0 Å². The van der Waals surface area contributed by atoms with Gasteiger partial charge in [0, 0.05) is 0 Å². The van der Waals surface area contributed by atoms with Crippen LogP contribution in [0.2, 0.25) is 10.0 Å². The van der Waals surface area contributed by atoms with E-state index in [4.69, 9.17) is 37.4 Å². The van der Waals surface area contributed by atoms with Crippen molar-refractivity contribution in [3.8, 4) is 17.2 Å². The van der Waals surface area contributed by atoms with E-state index in [0.717, 1.165) is 15.4 Å². The largest absolute Gasteiger partial charge is 0.497 e. The number of ether oxygens (including phenoxy) is 3. The molecule has 0 aromatic heterocycles. The molecule has 9 nitrogen and oxygen atoms in total. The van der Waals surface area contributed by atoms with Crippen LogP contribution in [0.5, 0.6) is 17.2 Å². The lowest BCUT2D eigenvalue weighted by Gasteiger charge is -2.24. The van der Waals surface area contributed by atoms with Crippen molar-refractivity contribution in [2.24, 2.45) is 5.10 Å². The van der Waals surface area contributed by atoms with Crippen LogP contribution >= 0.6 is 39.1 Å². The molecule has 0 spiro atoms. The van der Waals surface area contributed by atoms with Gasteiger partial charge in [-0.3, -0.25) is 9.10 Å². The monoisotopic (exact) mass is 719 g/mol. The predicted octanol–water partition coefficient (Wildman–Crippen LogP) is 7.01. The number of benzene rings is 4. The Hall–Kier alpha value is -3.77. The average molecular weight is 721 g/mol. The highest BCUT2D eigenvalue weighted by atomic mass is 79.9. The number of methoxy groups -OCH3 is 2. The fourth-order valence-electron chi connectivity index (χ4n) is 3.98. The number of nitrogens with zero attached hydrogens (tertiary/aromatic N) is 2. The normalized spacial score (nSPS) is 11.3. The molecule has 1 N–H and O–H groups in total. The highest BCUT2D eigenvalue weighted by molar-refractivity contribution is 9.10. The van der Waals surface area contributed by atoms with Gasteiger partial charge in [-0.2, -0.15) is 5.10 Å². The maximum Gasteiger partial charge on any atom is 0.264 e. The zero-order valence-electron chi connectivity index (χ0n) is 23.9. The van der Waals surface area contributed by atoms with E-state index in [0.29, 0.717) is 37.3 Å². The van der Waals surface area contributed by atoms with Crippen LogP contribution in [0.1, 0.15) is 16.7 Å². The van der Waals surface area contributed by atoms with Crippen molar-refractivity contribution < 1.29 is 27.4 Å². The summed E-state index contributed by atoms with van der Waals surface area (Å²) in [5.41, 5.74) is 4.99. The second kappa shape index (κ2) is 14.8. The third kappa shape index (κ3) is 8.23. The number of hydrogen-bond donors (Lipinski definition) is 1. The van der Waals surface area contributed by atoms with Crippen LogP contribution in [0.25, 0.3) is 0 Å². The summed E-state index contributed by atoms with van der Waals surface area (Å²) in [4.78, 5) is 13.0. The minimum absolute atomic E-state index is 0.0497. The first-order valence-corrected chi connectivity index (χ1v) is 16.0. The molecule has 4 aromatic rings. The molecular weight excluding hydrogens is 693 g/mol. The van der Waals surface area contributed by atoms with Crippen molar-refractivity contribution >= 4 is 67.0 Å². The van der Waals surface area contributed by atoms with Gasteiger partial charge in [-0.15, -0.1) is 0 Å². The summed E-state index contributed by atoms with van der Waals surface area (Å²) in [5.74, 6) is 0.765. The average Bonchev–Trinajstić information content (AvgIpc) is 3.01. The second-order valence-corrected chi connectivity index (χ2v) is 12.9. The van der Waals surface area contributed by atoms with Gasteiger partial charge in [-0.1, -0.05) is 47.0 Å². The number of hydrazone groups is 1. The third-order valence-electron chi connectivity index (χ3n) is 6.28. The lowest BCUT2D eigenvalue weighted by molar-refractivity contribution is -0.119. The smallest absolute Gasteiger partial charge is 0.264 e. The number of halogens is 3. The van der Waals surface area contributed by atoms with Gasteiger partial charge in [0.1, 0.15) is 18.9 Å². The van der Waals surface area contributed by atoms with Gasteiger partial charge in [-0.05, 0) is 94.6 Å². The first-order valence-electron chi connectivity index (χ1n) is 13.0. The number of anilines is 1. The van der Waals surface area contributed by atoms with Crippen molar-refractivity contribution in [3.63, 3.8) is 0 Å². The molecule has 0 bridgehead atoms. The minimum Gasteiger partial charge on any atom is -0.497 e. The van der Waals surface area contributed by atoms with Crippen molar-refractivity contribution in [2.45, 2.75) is 18.4 Å². The summed E-state index contributed by atoms with van der Waals surface area (Å²) in [6, 6.07) is 21.4. The molecule has 0 atom stereocenters. The van der Waals surface area contributed by atoms with E-state index in [1.54, 1.807) is 66.7 Å². The van der Waals surface area contributed by atoms with E-state index in [2.05, 4.69) is 26.5 Å². The molecular formula is C31H28BrCl2N3O6S. The lowest BCUT2D eigenvalue weighted by Crippen LogP contribution is -2.39. The Morgan fingerprint density at radius 1 is 0.955 bits per heavy atom. The Balaban J connectivity index is 1.49. The number of hydrogen-bond acceptors (Lipinski definition) is 7. The van der Waals surface area contributed by atoms with Gasteiger partial charge in [0.2, 0.25) is 0 Å². The standard InChI is InChI=1S/C31H28BrCl2N3O6S/c1-20-4-11-25(12-5-20)44(39,40)37(23-7-9-24(41-2)10-8-23)18-30(38)36-35-17-22-14-26(32)31(29(16-22)42-3)43-19-21-6-13-27(33)28(34)15-21/h4-17H,18-19H2,1-3H3,(H,36,38)/b35-17-. The van der Waals surface area contributed by atoms with Crippen LogP contribution < -0.4 is 23.9 Å². The van der Waals surface area contributed by atoms with E-state index < -0.39 is 22.5 Å². The molecule has 0 aliphatic carbocycles. The van der Waals surface area contributed by atoms with E-state index in [1.807, 2.05) is 6.92 Å². The summed E-state index contributed by atoms with van der Waals surface area (Å²) in [6.07, 6.45) is 1.40. The van der Waals surface area contributed by atoms with E-state index in [-0.39, 0.29) is 17.2 Å². The fraction of sp³-hybridized carbons (Fsp3) is 0.161. The Labute approximate surface area is 274 Å². The van der Waals surface area contributed by atoms with Crippen LogP contribution in [-0.4, -0.2) is 41.3 Å². The Morgan fingerprint density at radius 2 is 1.66 bits per heavy atom. The Morgan fingerprint density at radius 3 is 2.30 bits per heavy atom. The molecule has 4 rings (SSSR count). The number of sulfonamides is 1. The van der Waals surface area contributed by atoms with Gasteiger partial charge >= 0.3 is 0 Å². The molecule has 0 radical (unpaired) electrons. The first-order chi connectivity index (χ1) is 21.0. The summed E-state index contributed by atoms with van der Waals surface area (Å²) in [6.45, 7) is 1.55. The summed E-state index contributed by atoms with van der Waals surface area (Å²) >= 11 is 15.6. The maximum atomic E-state index is 13.6. The van der Waals surface area contributed by atoms with Gasteiger partial charge < -0.3 is 14.2 Å². The Bertz CT molecular complexity index is 1770. The highest BCUT2D eigenvalue weighted by Crippen LogP contribution is 2.37. The van der Waals surface area contributed by atoms with Crippen molar-refractivity contribution in [1.82, 2.24) is 5.43 Å². The number of aryl methyl sites for hydroxylation is 1. The van der Waals surface area contributed by atoms with Gasteiger partial charge in [0.25, 0.3) is 15.9 Å². The van der Waals surface area contributed by atoms with Crippen molar-refractivity contribution in [2.75, 3.05) is 25.1 Å². The third-order valence-corrected chi connectivity index (χ3v) is 9.39. The molecule has 1 amide bonds. The van der Waals surface area contributed by atoms with Crippen LogP contribution in [0, 0.1) is 6.92 Å². The summed E-state index contributed by atoms with van der Waals surface area (Å²) < 4.78 is 45.4. The number of rotatable bonds is 12. The number of carbonyl (C=O) groups is 1. The van der Waals surface area contributed by atoms with Crippen LogP contribution in [0.4, 0.5) is 5.69 Å². The zero-order chi connectivity index (χ0) is 31.9. The number of nitrogens with one attached hydrogen (secondary N) is 1. The lowest BCUT2D eigenvalue weighted by atomic mass is 10.2. The molecule has 13 heteroatoms. The molecule has 0 unspecified atom stereocenters. The van der Waals surface area contributed by atoms with Gasteiger partial charge in [0.05, 0.1) is 45.5 Å². The molecule has 0 heterocycles. The second-order valence-electron chi connectivity index (χ2n) is 9.39. The van der Waals surface area contributed by atoms with E-state index in [9.17, 15) is 13.2 Å². The molecule has 0 aliphatic heterocycles. The SMILES string of the molecule is COc1ccc(N(CC(=O)N/N=C\c2cc(Br)c(OCc3ccc(Cl)c(Cl)c3)c(OC)c2)S(=O)(=O)c2ccc(C)cc2)cc1. The zero-order valence-corrected chi connectivity index (χ0v) is 27.8. The fourth-order valence-corrected chi connectivity index (χ4v) is 6.30. The number of carbonyl (C=O) groups excluding carboxylic acids is 1. The molecule has 0 aliphatic rings. The van der Waals surface area contributed by atoms with Crippen LogP contribution in [0.15, 0.2) is 93.3 Å². The van der Waals surface area contributed by atoms with Gasteiger partial charge in [0.15, 0.2) is 11.5 Å². The van der Waals surface area contributed by atoms with Gasteiger partial charge in [-0.25, -0.2) is 13.8 Å². The topological polar surface area (TPSA) is 107 Å². The van der Waals surface area contributed by atoms with Crippen LogP contribution in [-0.2, 0) is 21.4 Å². The summed E-state index contributed by atoms with van der Waals surface area (Å²) in [7, 11) is -1.08. The molecule has 0 saturated carbocycles. The Kier molecular flexibility index (Phi) is 11.1. The summed E-state index contributed by atoms with van der Waals surface area (Å²) in [5, 5.41) is 4.90.